The molecule has 1 N–H and O–H groups in total. The summed E-state index contributed by atoms with van der Waals surface area (Å²) in [6, 6.07) is 21.6. The zero-order valence-corrected chi connectivity index (χ0v) is 22.7. The van der Waals surface area contributed by atoms with Crippen LogP contribution in [0.1, 0.15) is 33.9 Å². The van der Waals surface area contributed by atoms with E-state index in [1.165, 1.54) is 33.6 Å². The monoisotopic (exact) mass is 543 g/mol. The summed E-state index contributed by atoms with van der Waals surface area (Å²) in [7, 11) is 1.55. The highest BCUT2D eigenvalue weighted by molar-refractivity contribution is 8.00. The summed E-state index contributed by atoms with van der Waals surface area (Å²) < 4.78 is 5.88. The Bertz CT molecular complexity index is 1510. The second-order valence-electron chi connectivity index (χ2n) is 8.93. The van der Waals surface area contributed by atoms with Crippen LogP contribution in [0.25, 0.3) is 5.76 Å². The molecule has 9 heteroatoms. The first-order valence-electron chi connectivity index (χ1n) is 11.9. The average molecular weight is 544 g/mol. The summed E-state index contributed by atoms with van der Waals surface area (Å²) in [5, 5.41) is 20.1. The number of aryl methyl sites for hydroxylation is 2. The van der Waals surface area contributed by atoms with Crippen LogP contribution in [-0.2, 0) is 15.3 Å². The van der Waals surface area contributed by atoms with Crippen molar-refractivity contribution in [3.8, 4) is 5.75 Å². The first kappa shape index (κ1) is 25.7. The van der Waals surface area contributed by atoms with E-state index in [1.807, 2.05) is 38.1 Å². The van der Waals surface area contributed by atoms with Crippen LogP contribution >= 0.6 is 23.1 Å². The Morgan fingerprint density at radius 1 is 0.947 bits per heavy atom. The van der Waals surface area contributed by atoms with E-state index in [0.29, 0.717) is 32.1 Å². The lowest BCUT2D eigenvalue weighted by Crippen LogP contribution is -2.29. The number of amides is 1. The second kappa shape index (κ2) is 10.8. The van der Waals surface area contributed by atoms with Crippen molar-refractivity contribution in [3.63, 3.8) is 0 Å². The van der Waals surface area contributed by atoms with E-state index in [9.17, 15) is 14.7 Å². The van der Waals surface area contributed by atoms with Gasteiger partial charge >= 0.3 is 5.91 Å². The molecule has 0 bridgehead atoms. The number of methoxy groups -OCH3 is 1. The molecule has 0 saturated carbocycles. The minimum absolute atomic E-state index is 0.00748. The average Bonchev–Trinajstić information content (AvgIpc) is 3.50. The largest absolute Gasteiger partial charge is 0.507 e. The number of aromatic nitrogens is 2. The number of thioether (sulfide) groups is 1. The van der Waals surface area contributed by atoms with Crippen LogP contribution in [0.2, 0.25) is 0 Å². The number of hydrogen-bond donors (Lipinski definition) is 1. The first-order valence-corrected chi connectivity index (χ1v) is 13.7. The molecule has 3 aromatic carbocycles. The normalized spacial score (nSPS) is 16.7. The molecule has 1 saturated heterocycles. The number of carbonyl (C=O) groups is 2. The molecule has 1 aromatic heterocycles. The Kier molecular flexibility index (Phi) is 7.31. The van der Waals surface area contributed by atoms with Gasteiger partial charge in [0.2, 0.25) is 5.13 Å². The maximum atomic E-state index is 13.4. The highest BCUT2D eigenvalue weighted by Gasteiger charge is 2.48. The van der Waals surface area contributed by atoms with Gasteiger partial charge in [0.25, 0.3) is 5.78 Å². The number of ketones is 1. The zero-order valence-electron chi connectivity index (χ0n) is 21.0. The highest BCUT2D eigenvalue weighted by Crippen LogP contribution is 2.44. The van der Waals surface area contributed by atoms with Crippen LogP contribution in [0, 0.1) is 13.8 Å². The van der Waals surface area contributed by atoms with E-state index in [1.54, 1.807) is 31.4 Å². The molecule has 1 amide bonds. The summed E-state index contributed by atoms with van der Waals surface area (Å²) in [4.78, 5) is 28.0. The van der Waals surface area contributed by atoms with E-state index in [2.05, 4.69) is 34.5 Å². The fraction of sp³-hybridized carbons (Fsp3) is 0.172. The molecule has 1 aliphatic rings. The van der Waals surface area contributed by atoms with Gasteiger partial charge in [0.1, 0.15) is 11.5 Å². The van der Waals surface area contributed by atoms with E-state index in [0.717, 1.165) is 11.1 Å². The van der Waals surface area contributed by atoms with E-state index in [-0.39, 0.29) is 11.3 Å². The molecule has 1 fully saturated rings. The molecule has 192 valence electrons. The lowest BCUT2D eigenvalue weighted by Gasteiger charge is -2.22. The van der Waals surface area contributed by atoms with Crippen molar-refractivity contribution < 1.29 is 19.4 Å². The van der Waals surface area contributed by atoms with Crippen molar-refractivity contribution in [2.75, 3.05) is 12.0 Å². The van der Waals surface area contributed by atoms with Crippen LogP contribution in [0.15, 0.2) is 82.7 Å². The summed E-state index contributed by atoms with van der Waals surface area (Å²) >= 11 is 2.76. The minimum atomic E-state index is -0.847. The van der Waals surface area contributed by atoms with Crippen LogP contribution in [0.5, 0.6) is 5.75 Å². The molecular weight excluding hydrogens is 518 g/mol. The number of anilines is 1. The van der Waals surface area contributed by atoms with Crippen molar-refractivity contribution >= 4 is 45.7 Å². The molecule has 0 radical (unpaired) electrons. The van der Waals surface area contributed by atoms with Crippen molar-refractivity contribution in [1.29, 1.82) is 0 Å². The van der Waals surface area contributed by atoms with E-state index >= 15 is 0 Å². The Balaban J connectivity index is 1.52. The van der Waals surface area contributed by atoms with Crippen LogP contribution in [0.3, 0.4) is 0 Å². The molecule has 1 aliphatic heterocycles. The van der Waals surface area contributed by atoms with Gasteiger partial charge in [0.15, 0.2) is 4.34 Å². The van der Waals surface area contributed by atoms with Crippen LogP contribution < -0.4 is 9.64 Å². The Hall–Kier alpha value is -3.95. The Labute approximate surface area is 228 Å². The number of aliphatic hydroxyl groups excluding tert-OH is 1. The predicted octanol–water partition coefficient (Wildman–Crippen LogP) is 6.08. The Morgan fingerprint density at radius 3 is 2.21 bits per heavy atom. The molecule has 2 heterocycles. The summed E-state index contributed by atoms with van der Waals surface area (Å²) in [6.45, 7) is 4.00. The van der Waals surface area contributed by atoms with Gasteiger partial charge in [-0.05, 0) is 49.2 Å². The third-order valence-corrected chi connectivity index (χ3v) is 8.41. The van der Waals surface area contributed by atoms with Gasteiger partial charge in [-0.2, -0.15) is 0 Å². The molecule has 38 heavy (non-hydrogen) atoms. The number of Topliss-reactive ketones (excluding diaryl/α,β-unsaturated/α-hetero) is 1. The molecule has 4 aromatic rings. The minimum Gasteiger partial charge on any atom is -0.507 e. The Morgan fingerprint density at radius 2 is 1.58 bits per heavy atom. The van der Waals surface area contributed by atoms with Gasteiger partial charge in [-0.1, -0.05) is 82.8 Å². The number of hydrogen-bond acceptors (Lipinski definition) is 8. The topological polar surface area (TPSA) is 92.6 Å². The van der Waals surface area contributed by atoms with Gasteiger partial charge in [0, 0.05) is 11.3 Å². The number of benzene rings is 3. The van der Waals surface area contributed by atoms with Gasteiger partial charge in [-0.25, -0.2) is 0 Å². The first-order chi connectivity index (χ1) is 18.4. The molecule has 0 aliphatic carbocycles. The predicted molar refractivity (Wildman–Crippen MR) is 150 cm³/mol. The van der Waals surface area contributed by atoms with E-state index in [4.69, 9.17) is 4.74 Å². The molecule has 5 rings (SSSR count). The van der Waals surface area contributed by atoms with Crippen molar-refractivity contribution in [2.45, 2.75) is 30.0 Å². The van der Waals surface area contributed by atoms with Gasteiger partial charge in [0.05, 0.1) is 18.7 Å². The number of carbonyl (C=O) groups excluding carboxylic acids is 2. The lowest BCUT2D eigenvalue weighted by molar-refractivity contribution is -0.132. The van der Waals surface area contributed by atoms with Crippen molar-refractivity contribution in [2.24, 2.45) is 0 Å². The smallest absolute Gasteiger partial charge is 0.301 e. The highest BCUT2D eigenvalue weighted by atomic mass is 32.2. The number of rotatable bonds is 7. The molecule has 1 unspecified atom stereocenters. The SMILES string of the molecule is COc1ccc(/C(O)=C2/C(=O)C(=O)N(c3nnc(SCc4ccc(C)cc4)s3)C2c2ccc(C)cc2)cc1. The standard InChI is InChI=1S/C29H25N3O4S2/c1-17-4-8-19(9-5-17)16-37-29-31-30-28(38-29)32-24(20-10-6-18(2)7-11-20)23(26(34)27(32)35)25(33)21-12-14-22(36-3)15-13-21/h4-15,24,33H,16H2,1-3H3/b25-23-. The van der Waals surface area contributed by atoms with Crippen LogP contribution in [-0.4, -0.2) is 34.1 Å². The fourth-order valence-electron chi connectivity index (χ4n) is 4.19. The zero-order chi connectivity index (χ0) is 26.8. The van der Waals surface area contributed by atoms with Crippen molar-refractivity contribution in [3.05, 3.63) is 106 Å². The third kappa shape index (κ3) is 5.07. The molecular formula is C29H25N3O4S2. The lowest BCUT2D eigenvalue weighted by atomic mass is 9.95. The quantitative estimate of drug-likeness (QED) is 0.0992. The molecule has 0 spiro atoms. The maximum Gasteiger partial charge on any atom is 0.301 e. The summed E-state index contributed by atoms with van der Waals surface area (Å²) in [5.74, 6) is -0.462. The van der Waals surface area contributed by atoms with Crippen molar-refractivity contribution in [1.82, 2.24) is 10.2 Å². The number of aliphatic hydroxyl groups is 1. The van der Waals surface area contributed by atoms with Gasteiger partial charge in [-0.15, -0.1) is 10.2 Å². The summed E-state index contributed by atoms with van der Waals surface area (Å²) in [5.41, 5.74) is 4.48. The maximum absolute atomic E-state index is 13.4. The van der Waals surface area contributed by atoms with Gasteiger partial charge < -0.3 is 9.84 Å². The van der Waals surface area contributed by atoms with Gasteiger partial charge in [-0.3, -0.25) is 14.5 Å². The third-order valence-electron chi connectivity index (χ3n) is 6.29. The number of ether oxygens (including phenoxy) is 1. The second-order valence-corrected chi connectivity index (χ2v) is 11.1. The molecule has 1 atom stereocenters. The van der Waals surface area contributed by atoms with E-state index < -0.39 is 17.7 Å². The summed E-state index contributed by atoms with van der Waals surface area (Å²) in [6.07, 6.45) is 0. The number of nitrogens with zero attached hydrogens (tertiary/aromatic N) is 3. The van der Waals surface area contributed by atoms with Crippen LogP contribution in [0.4, 0.5) is 5.13 Å². The molecule has 7 nitrogen and oxygen atoms in total. The fourth-order valence-corrected chi connectivity index (χ4v) is 6.01.